The highest BCUT2D eigenvalue weighted by atomic mass is 19.4. The van der Waals surface area contributed by atoms with Crippen molar-refractivity contribution in [2.45, 2.75) is 63.2 Å². The van der Waals surface area contributed by atoms with E-state index in [4.69, 9.17) is 9.31 Å². The number of hydrogen-bond acceptors (Lipinski definition) is 3. The molecule has 1 aromatic heterocycles. The van der Waals surface area contributed by atoms with Gasteiger partial charge >= 0.3 is 13.3 Å². The normalized spacial score (nSPS) is 29.7. The number of pyridine rings is 1. The van der Waals surface area contributed by atoms with Gasteiger partial charge in [0.05, 0.1) is 16.8 Å². The number of alkyl halides is 3. The summed E-state index contributed by atoms with van der Waals surface area (Å²) in [5.74, 6) is 0.266. The minimum absolute atomic E-state index is 0.108. The Hall–Kier alpha value is -1.08. The molecule has 0 aromatic carbocycles. The minimum atomic E-state index is -4.35. The molecule has 1 saturated heterocycles. The van der Waals surface area contributed by atoms with Gasteiger partial charge in [-0.05, 0) is 46.2 Å². The van der Waals surface area contributed by atoms with Crippen molar-refractivity contribution < 1.29 is 22.5 Å². The summed E-state index contributed by atoms with van der Waals surface area (Å²) in [6.45, 7) is 7.95. The Morgan fingerprint density at radius 1 is 1.14 bits per heavy atom. The molecular weight excluding hydrogens is 294 g/mol. The molecule has 1 saturated carbocycles. The number of nitrogens with zero attached hydrogens (tertiary/aromatic N) is 1. The lowest BCUT2D eigenvalue weighted by Gasteiger charge is -2.32. The van der Waals surface area contributed by atoms with Gasteiger partial charge < -0.3 is 9.31 Å². The van der Waals surface area contributed by atoms with Gasteiger partial charge in [0.25, 0.3) is 0 Å². The second-order valence-corrected chi connectivity index (χ2v) is 7.10. The summed E-state index contributed by atoms with van der Waals surface area (Å²) in [7, 11) is -0.320. The smallest absolute Gasteiger partial charge is 0.403 e. The maximum atomic E-state index is 12.5. The molecule has 22 heavy (non-hydrogen) atoms. The molecule has 0 bridgehead atoms. The fourth-order valence-electron chi connectivity index (χ4n) is 2.71. The molecule has 1 aliphatic carbocycles. The molecule has 3 rings (SSSR count). The number of rotatable bonds is 2. The molecule has 2 fully saturated rings. The van der Waals surface area contributed by atoms with Crippen LogP contribution in [0.2, 0.25) is 5.82 Å². The standard InChI is InChI=1S/C15H19BF3NO2/c1-13(2)14(3,4)22-16(21-13)11-7-10(11)12-6-5-9(8-20-12)15(17,18)19/h5-6,8,10-11H,7H2,1-4H3/t10-,11-/m0/s1. The molecule has 7 heteroatoms. The first-order valence-electron chi connectivity index (χ1n) is 7.40. The van der Waals surface area contributed by atoms with Crippen LogP contribution < -0.4 is 0 Å². The molecule has 1 aliphatic heterocycles. The van der Waals surface area contributed by atoms with Crippen molar-refractivity contribution >= 4 is 7.12 Å². The van der Waals surface area contributed by atoms with E-state index in [-0.39, 0.29) is 18.9 Å². The SMILES string of the molecule is CC1(C)OB([C@H]2C[C@@H]2c2ccc(C(F)(F)F)cn2)OC1(C)C. The van der Waals surface area contributed by atoms with E-state index < -0.39 is 22.9 Å². The van der Waals surface area contributed by atoms with Gasteiger partial charge in [-0.15, -0.1) is 0 Å². The van der Waals surface area contributed by atoms with Crippen LogP contribution in [-0.2, 0) is 15.5 Å². The Morgan fingerprint density at radius 2 is 1.73 bits per heavy atom. The molecule has 120 valence electrons. The molecule has 2 heterocycles. The van der Waals surface area contributed by atoms with E-state index in [2.05, 4.69) is 4.98 Å². The Labute approximate surface area is 128 Å². The highest BCUT2D eigenvalue weighted by molar-refractivity contribution is 6.49. The lowest BCUT2D eigenvalue weighted by molar-refractivity contribution is -0.137. The third-order valence-corrected chi connectivity index (χ3v) is 4.95. The van der Waals surface area contributed by atoms with Crippen LogP contribution in [0.3, 0.4) is 0 Å². The maximum Gasteiger partial charge on any atom is 0.461 e. The zero-order valence-corrected chi connectivity index (χ0v) is 13.1. The van der Waals surface area contributed by atoms with Gasteiger partial charge in [-0.3, -0.25) is 4.98 Å². The fraction of sp³-hybridized carbons (Fsp3) is 0.667. The molecule has 0 radical (unpaired) electrons. The van der Waals surface area contributed by atoms with Gasteiger partial charge in [0.2, 0.25) is 0 Å². The van der Waals surface area contributed by atoms with E-state index in [1.807, 2.05) is 27.7 Å². The van der Waals surface area contributed by atoms with E-state index in [1.165, 1.54) is 6.07 Å². The monoisotopic (exact) mass is 313 g/mol. The van der Waals surface area contributed by atoms with Crippen molar-refractivity contribution in [2.24, 2.45) is 0 Å². The highest BCUT2D eigenvalue weighted by Crippen LogP contribution is 2.58. The van der Waals surface area contributed by atoms with Crippen molar-refractivity contribution in [2.75, 3.05) is 0 Å². The third-order valence-electron chi connectivity index (χ3n) is 4.95. The van der Waals surface area contributed by atoms with Crippen molar-refractivity contribution in [1.29, 1.82) is 0 Å². The van der Waals surface area contributed by atoms with Crippen LogP contribution >= 0.6 is 0 Å². The molecule has 3 nitrogen and oxygen atoms in total. The zero-order valence-electron chi connectivity index (χ0n) is 13.1. The second-order valence-electron chi connectivity index (χ2n) is 7.10. The van der Waals surface area contributed by atoms with Crippen molar-refractivity contribution in [3.8, 4) is 0 Å². The zero-order chi connectivity index (χ0) is 16.3. The highest BCUT2D eigenvalue weighted by Gasteiger charge is 2.60. The van der Waals surface area contributed by atoms with Gasteiger partial charge in [0.1, 0.15) is 0 Å². The molecule has 1 aromatic rings. The quantitative estimate of drug-likeness (QED) is 0.772. The van der Waals surface area contributed by atoms with Crippen LogP contribution in [0.15, 0.2) is 18.3 Å². The Bertz CT molecular complexity index is 555. The van der Waals surface area contributed by atoms with Crippen LogP contribution in [0.4, 0.5) is 13.2 Å². The number of aromatic nitrogens is 1. The summed E-state index contributed by atoms with van der Waals surface area (Å²) in [4.78, 5) is 3.97. The molecule has 0 spiro atoms. The molecule has 0 N–H and O–H groups in total. The molecular formula is C15H19BF3NO2. The number of hydrogen-bond donors (Lipinski definition) is 0. The summed E-state index contributed by atoms with van der Waals surface area (Å²) in [6.07, 6.45) is -2.62. The van der Waals surface area contributed by atoms with Crippen LogP contribution in [-0.4, -0.2) is 23.3 Å². The van der Waals surface area contributed by atoms with Gasteiger partial charge in [0, 0.05) is 23.6 Å². The summed E-state index contributed by atoms with van der Waals surface area (Å²) in [6, 6.07) is 2.54. The van der Waals surface area contributed by atoms with E-state index in [0.717, 1.165) is 18.7 Å². The van der Waals surface area contributed by atoms with Crippen LogP contribution in [0.1, 0.15) is 51.3 Å². The first-order valence-corrected chi connectivity index (χ1v) is 7.40. The average Bonchev–Trinajstić information content (AvgIpc) is 3.12. The topological polar surface area (TPSA) is 31.4 Å². The largest absolute Gasteiger partial charge is 0.461 e. The second kappa shape index (κ2) is 4.71. The first kappa shape index (κ1) is 15.8. The van der Waals surface area contributed by atoms with Gasteiger partial charge in [0.15, 0.2) is 0 Å². The molecule has 2 aliphatic rings. The van der Waals surface area contributed by atoms with Gasteiger partial charge in [-0.1, -0.05) is 0 Å². The van der Waals surface area contributed by atoms with Gasteiger partial charge in [-0.2, -0.15) is 13.2 Å². The van der Waals surface area contributed by atoms with E-state index in [0.29, 0.717) is 5.69 Å². The fourth-order valence-corrected chi connectivity index (χ4v) is 2.71. The molecule has 2 atom stereocenters. The van der Waals surface area contributed by atoms with E-state index in [9.17, 15) is 13.2 Å². The van der Waals surface area contributed by atoms with E-state index in [1.54, 1.807) is 0 Å². The summed E-state index contributed by atoms with van der Waals surface area (Å²) in [5.41, 5.74) is -0.826. The third kappa shape index (κ3) is 2.65. The lowest BCUT2D eigenvalue weighted by Crippen LogP contribution is -2.41. The average molecular weight is 313 g/mol. The Kier molecular flexibility index (Phi) is 3.38. The van der Waals surface area contributed by atoms with Crippen molar-refractivity contribution in [3.05, 3.63) is 29.6 Å². The van der Waals surface area contributed by atoms with E-state index >= 15 is 0 Å². The van der Waals surface area contributed by atoms with Gasteiger partial charge in [-0.25, -0.2) is 0 Å². The number of halogens is 3. The predicted molar refractivity (Wildman–Crippen MR) is 76.4 cm³/mol. The Balaban J connectivity index is 1.68. The summed E-state index contributed by atoms with van der Waals surface area (Å²) in [5, 5.41) is 0. The lowest BCUT2D eigenvalue weighted by atomic mass is 9.80. The van der Waals surface area contributed by atoms with Crippen molar-refractivity contribution in [3.63, 3.8) is 0 Å². The van der Waals surface area contributed by atoms with Crippen molar-refractivity contribution in [1.82, 2.24) is 4.98 Å². The summed E-state index contributed by atoms with van der Waals surface area (Å²) >= 11 is 0. The summed E-state index contributed by atoms with van der Waals surface area (Å²) < 4.78 is 49.6. The minimum Gasteiger partial charge on any atom is -0.403 e. The maximum absolute atomic E-state index is 12.5. The van der Waals surface area contributed by atoms with Crippen LogP contribution in [0, 0.1) is 0 Å². The molecule has 0 amide bonds. The predicted octanol–water partition coefficient (Wildman–Crippen LogP) is 4.05. The Morgan fingerprint density at radius 3 is 2.18 bits per heavy atom. The molecule has 0 unspecified atom stereocenters. The van der Waals surface area contributed by atoms with Crippen LogP contribution in [0.5, 0.6) is 0 Å². The first-order chi connectivity index (χ1) is 10.0. The van der Waals surface area contributed by atoms with Crippen LogP contribution in [0.25, 0.3) is 0 Å².